The van der Waals surface area contributed by atoms with E-state index < -0.39 is 0 Å². The minimum atomic E-state index is -0.258. The highest BCUT2D eigenvalue weighted by atomic mass is 35.5. The Morgan fingerprint density at radius 1 is 0.567 bits per heavy atom. The Kier molecular flexibility index (Phi) is 6.54. The van der Waals surface area contributed by atoms with Crippen LogP contribution in [0.3, 0.4) is 0 Å². The summed E-state index contributed by atoms with van der Waals surface area (Å²) in [6.45, 7) is 0. The van der Waals surface area contributed by atoms with Gasteiger partial charge in [-0.05, 0) is 36.4 Å². The number of allylic oxidation sites excluding steroid dienone is 2. The summed E-state index contributed by atoms with van der Waals surface area (Å²) in [6, 6.07) is 16.7. The van der Waals surface area contributed by atoms with Crippen LogP contribution in [0.5, 0.6) is 0 Å². The fourth-order valence-electron chi connectivity index (χ4n) is 2.85. The summed E-state index contributed by atoms with van der Waals surface area (Å²) in [5.74, 6) is -0.515. The summed E-state index contributed by atoms with van der Waals surface area (Å²) < 4.78 is 0. The molecule has 0 saturated carbocycles. The topological polar surface area (TPSA) is 34.1 Å². The third-order valence-corrected chi connectivity index (χ3v) is 8.03. The van der Waals surface area contributed by atoms with Gasteiger partial charge in [0.25, 0.3) is 0 Å². The first-order valence-electron chi connectivity index (χ1n) is 8.53. The molecule has 4 rings (SSSR count). The molecule has 0 radical (unpaired) electrons. The van der Waals surface area contributed by atoms with Crippen molar-refractivity contribution in [2.75, 3.05) is 0 Å². The number of Topliss-reactive ketones (excluding diaryl/α,β-unsaturated/α-hetero) is 2. The Balaban J connectivity index is 1.87. The van der Waals surface area contributed by atoms with Gasteiger partial charge >= 0.3 is 0 Å². The van der Waals surface area contributed by atoms with Gasteiger partial charge < -0.3 is 0 Å². The largest absolute Gasteiger partial charge is 0.288 e. The molecule has 30 heavy (non-hydrogen) atoms. The maximum atomic E-state index is 13.3. The molecule has 0 amide bonds. The van der Waals surface area contributed by atoms with E-state index in [2.05, 4.69) is 0 Å². The molecule has 0 saturated heterocycles. The molecule has 0 atom stereocenters. The summed E-state index contributed by atoms with van der Waals surface area (Å²) in [5, 5.41) is 1.82. The van der Waals surface area contributed by atoms with Gasteiger partial charge in [0.2, 0.25) is 11.6 Å². The van der Waals surface area contributed by atoms with E-state index in [9.17, 15) is 9.59 Å². The molecular weight excluding hydrogens is 502 g/mol. The third kappa shape index (κ3) is 4.31. The van der Waals surface area contributed by atoms with Crippen LogP contribution in [0.25, 0.3) is 0 Å². The zero-order valence-corrected chi connectivity index (χ0v) is 19.6. The van der Waals surface area contributed by atoms with Gasteiger partial charge in [0.05, 0.1) is 19.9 Å². The summed E-state index contributed by atoms with van der Waals surface area (Å²) in [6.07, 6.45) is 0. The average molecular weight is 512 g/mol. The monoisotopic (exact) mass is 510 g/mol. The molecule has 1 aliphatic rings. The number of rotatable bonds is 4. The molecule has 0 fully saturated rings. The van der Waals surface area contributed by atoms with Crippen LogP contribution in [0, 0.1) is 0 Å². The van der Waals surface area contributed by atoms with Gasteiger partial charge in [-0.15, -0.1) is 0 Å². The molecular formula is C22H10Cl4O2S2. The van der Waals surface area contributed by atoms with E-state index in [1.807, 2.05) is 0 Å². The molecule has 0 heterocycles. The first-order valence-corrected chi connectivity index (χ1v) is 11.7. The van der Waals surface area contributed by atoms with E-state index in [4.69, 9.17) is 46.4 Å². The molecule has 0 aliphatic heterocycles. The lowest BCUT2D eigenvalue weighted by atomic mass is 9.94. The van der Waals surface area contributed by atoms with Crippen molar-refractivity contribution < 1.29 is 9.59 Å². The van der Waals surface area contributed by atoms with Crippen LogP contribution < -0.4 is 0 Å². The fraction of sp³-hybridized carbons (Fsp3) is 0. The van der Waals surface area contributed by atoms with Crippen molar-refractivity contribution in [1.29, 1.82) is 0 Å². The first kappa shape index (κ1) is 21.8. The summed E-state index contributed by atoms with van der Waals surface area (Å²) >= 11 is 27.1. The van der Waals surface area contributed by atoms with Crippen LogP contribution in [-0.4, -0.2) is 11.6 Å². The second-order valence-corrected chi connectivity index (χ2v) is 10.0. The zero-order valence-electron chi connectivity index (χ0n) is 14.9. The summed E-state index contributed by atoms with van der Waals surface area (Å²) in [7, 11) is 0. The normalized spacial score (nSPS) is 13.6. The smallest absolute Gasteiger partial charge is 0.201 e. The van der Waals surface area contributed by atoms with E-state index in [-0.39, 0.29) is 21.4 Å². The molecule has 3 aromatic rings. The molecule has 0 N–H and O–H groups in total. The minimum Gasteiger partial charge on any atom is -0.288 e. The minimum absolute atomic E-state index is 0.258. The van der Waals surface area contributed by atoms with Gasteiger partial charge in [0, 0.05) is 31.0 Å². The Hall–Kier alpha value is -1.40. The van der Waals surface area contributed by atoms with Crippen molar-refractivity contribution in [3.05, 3.63) is 102 Å². The van der Waals surface area contributed by atoms with Crippen molar-refractivity contribution in [3.8, 4) is 0 Å². The maximum Gasteiger partial charge on any atom is 0.201 e. The lowest BCUT2D eigenvalue weighted by Crippen LogP contribution is -2.19. The van der Waals surface area contributed by atoms with Crippen LogP contribution in [0.1, 0.15) is 20.7 Å². The SMILES string of the molecule is O=C1C(Sc2cc(Cl)ccc2Cl)=C(Sc2cc(Cl)ccc2Cl)C(=O)c2ccccc21. The summed E-state index contributed by atoms with van der Waals surface area (Å²) in [5.41, 5.74) is 0.703. The molecule has 0 aromatic heterocycles. The second kappa shape index (κ2) is 8.99. The molecule has 2 nitrogen and oxygen atoms in total. The van der Waals surface area contributed by atoms with Gasteiger partial charge in [-0.2, -0.15) is 0 Å². The number of halogens is 4. The van der Waals surface area contributed by atoms with Crippen LogP contribution >= 0.6 is 69.9 Å². The standard InChI is InChI=1S/C22H10Cl4O2S2/c23-11-5-7-15(25)17(9-11)29-21-19(27)13-3-1-2-4-14(13)20(28)22(21)30-18-10-12(24)6-8-16(18)26/h1-10H. The number of fused-ring (bicyclic) bond motifs is 1. The van der Waals surface area contributed by atoms with Gasteiger partial charge in [-0.1, -0.05) is 94.2 Å². The van der Waals surface area contributed by atoms with Crippen LogP contribution in [-0.2, 0) is 0 Å². The fourth-order valence-corrected chi connectivity index (χ4v) is 5.96. The van der Waals surface area contributed by atoms with Crippen molar-refractivity contribution in [2.45, 2.75) is 9.79 Å². The Morgan fingerprint density at radius 2 is 0.967 bits per heavy atom. The van der Waals surface area contributed by atoms with E-state index >= 15 is 0 Å². The second-order valence-electron chi connectivity index (χ2n) is 6.22. The van der Waals surface area contributed by atoms with E-state index in [1.54, 1.807) is 60.7 Å². The molecule has 0 unspecified atom stereocenters. The van der Waals surface area contributed by atoms with Crippen molar-refractivity contribution in [3.63, 3.8) is 0 Å². The highest BCUT2D eigenvalue weighted by Gasteiger charge is 2.34. The maximum absolute atomic E-state index is 13.3. The number of carbonyl (C=O) groups excluding carboxylic acids is 2. The van der Waals surface area contributed by atoms with Gasteiger partial charge in [0.1, 0.15) is 0 Å². The molecule has 0 spiro atoms. The van der Waals surface area contributed by atoms with Crippen molar-refractivity contribution >= 4 is 81.5 Å². The Labute approximate surface area is 201 Å². The lowest BCUT2D eigenvalue weighted by Gasteiger charge is -2.21. The van der Waals surface area contributed by atoms with E-state index in [0.29, 0.717) is 41.0 Å². The van der Waals surface area contributed by atoms with Gasteiger partial charge in [0.15, 0.2) is 0 Å². The van der Waals surface area contributed by atoms with E-state index in [0.717, 1.165) is 23.5 Å². The quantitative estimate of drug-likeness (QED) is 0.351. The number of ketones is 2. The third-order valence-electron chi connectivity index (χ3n) is 4.25. The molecule has 150 valence electrons. The highest BCUT2D eigenvalue weighted by molar-refractivity contribution is 8.08. The average Bonchev–Trinajstić information content (AvgIpc) is 2.73. The molecule has 0 bridgehead atoms. The number of hydrogen-bond donors (Lipinski definition) is 0. The van der Waals surface area contributed by atoms with Crippen LogP contribution in [0.15, 0.2) is 80.3 Å². The molecule has 3 aromatic carbocycles. The van der Waals surface area contributed by atoms with Crippen LogP contribution in [0.4, 0.5) is 0 Å². The van der Waals surface area contributed by atoms with Crippen molar-refractivity contribution in [2.24, 2.45) is 0 Å². The predicted octanol–water partition coefficient (Wildman–Crippen LogP) is 8.48. The summed E-state index contributed by atoms with van der Waals surface area (Å²) in [4.78, 5) is 28.4. The molecule has 8 heteroatoms. The van der Waals surface area contributed by atoms with Crippen LogP contribution in [0.2, 0.25) is 20.1 Å². The van der Waals surface area contributed by atoms with Crippen molar-refractivity contribution in [1.82, 2.24) is 0 Å². The Bertz CT molecular complexity index is 1140. The lowest BCUT2D eigenvalue weighted by molar-refractivity contribution is 0.0988. The number of benzene rings is 3. The first-order chi connectivity index (χ1) is 14.3. The van der Waals surface area contributed by atoms with Gasteiger partial charge in [-0.25, -0.2) is 0 Å². The number of thioether (sulfide) groups is 2. The van der Waals surface area contributed by atoms with Gasteiger partial charge in [-0.3, -0.25) is 9.59 Å². The zero-order chi connectivity index (χ0) is 21.4. The number of carbonyl (C=O) groups is 2. The molecule has 1 aliphatic carbocycles. The number of hydrogen-bond acceptors (Lipinski definition) is 4. The highest BCUT2D eigenvalue weighted by Crippen LogP contribution is 2.46. The Morgan fingerprint density at radius 3 is 1.37 bits per heavy atom. The predicted molar refractivity (Wildman–Crippen MR) is 127 cm³/mol. The van der Waals surface area contributed by atoms with E-state index in [1.165, 1.54) is 0 Å².